The average Bonchev–Trinajstić information content (AvgIpc) is 3.15. The van der Waals surface area contributed by atoms with Crippen molar-refractivity contribution in [1.82, 2.24) is 19.9 Å². The molecule has 0 bridgehead atoms. The summed E-state index contributed by atoms with van der Waals surface area (Å²) in [5, 5.41) is 3.56. The number of hydrogen-bond acceptors (Lipinski definition) is 4. The normalized spacial score (nSPS) is 12.1. The van der Waals surface area contributed by atoms with Gasteiger partial charge in [0.1, 0.15) is 12.4 Å². The van der Waals surface area contributed by atoms with E-state index in [0.29, 0.717) is 12.5 Å². The van der Waals surface area contributed by atoms with Crippen LogP contribution in [-0.4, -0.2) is 21.1 Å². The third kappa shape index (κ3) is 5.66. The first-order valence-corrected chi connectivity index (χ1v) is 9.41. The Kier molecular flexibility index (Phi) is 6.60. The number of aryl methyl sites for hydroxylation is 2. The molecule has 0 aliphatic carbocycles. The fourth-order valence-corrected chi connectivity index (χ4v) is 3.28. The second-order valence-corrected chi connectivity index (χ2v) is 7.16. The van der Waals surface area contributed by atoms with Crippen LogP contribution in [0.1, 0.15) is 29.3 Å². The van der Waals surface area contributed by atoms with E-state index in [1.54, 1.807) is 6.20 Å². The predicted molar refractivity (Wildman–Crippen MR) is 108 cm³/mol. The molecule has 0 saturated heterocycles. The first-order chi connectivity index (χ1) is 13.1. The molecule has 0 fully saturated rings. The van der Waals surface area contributed by atoms with Gasteiger partial charge in [0.2, 0.25) is 0 Å². The minimum Gasteiger partial charge on any atom is -0.487 e. The van der Waals surface area contributed by atoms with Crippen LogP contribution in [0.2, 0.25) is 0 Å². The van der Waals surface area contributed by atoms with Gasteiger partial charge in [-0.1, -0.05) is 25.1 Å². The van der Waals surface area contributed by atoms with Crippen molar-refractivity contribution in [3.05, 3.63) is 77.6 Å². The maximum absolute atomic E-state index is 6.02. The molecule has 142 valence electrons. The van der Waals surface area contributed by atoms with Crippen molar-refractivity contribution in [2.75, 3.05) is 6.54 Å². The summed E-state index contributed by atoms with van der Waals surface area (Å²) in [5.41, 5.74) is 4.54. The van der Waals surface area contributed by atoms with Gasteiger partial charge in [-0.3, -0.25) is 4.98 Å². The van der Waals surface area contributed by atoms with Crippen LogP contribution >= 0.6 is 0 Å². The van der Waals surface area contributed by atoms with E-state index < -0.39 is 0 Å². The zero-order chi connectivity index (χ0) is 19.1. The number of ether oxygens (including phenoxy) is 1. The molecule has 1 N–H and O–H groups in total. The predicted octanol–water partition coefficient (Wildman–Crippen LogP) is 3.90. The van der Waals surface area contributed by atoms with Gasteiger partial charge < -0.3 is 14.6 Å². The summed E-state index contributed by atoms with van der Waals surface area (Å²) in [7, 11) is 0. The lowest BCUT2D eigenvalue weighted by molar-refractivity contribution is 0.297. The summed E-state index contributed by atoms with van der Waals surface area (Å²) >= 11 is 0. The van der Waals surface area contributed by atoms with Gasteiger partial charge in [-0.15, -0.1) is 0 Å². The fraction of sp³-hybridized carbons (Fsp3) is 0.364. The van der Waals surface area contributed by atoms with Crippen LogP contribution in [0.15, 0.2) is 55.2 Å². The standard InChI is InChI=1S/C22H28N4O/c1-17(14-26-9-8-23-16-26)12-24-13-20-10-18(2)22(19(3)11-20)27-15-21-6-4-5-7-25-21/h4-11,16-17,24H,12-15H2,1-3H3. The highest BCUT2D eigenvalue weighted by atomic mass is 16.5. The maximum Gasteiger partial charge on any atom is 0.130 e. The Balaban J connectivity index is 1.51. The van der Waals surface area contributed by atoms with Gasteiger partial charge in [-0.2, -0.15) is 0 Å². The minimum atomic E-state index is 0.492. The SMILES string of the molecule is Cc1cc(CNCC(C)Cn2ccnc2)cc(C)c1OCc1ccccn1. The first-order valence-electron chi connectivity index (χ1n) is 9.41. The summed E-state index contributed by atoms with van der Waals surface area (Å²) in [6, 6.07) is 10.3. The van der Waals surface area contributed by atoms with Crippen LogP contribution in [0.25, 0.3) is 0 Å². The highest BCUT2D eigenvalue weighted by Crippen LogP contribution is 2.25. The van der Waals surface area contributed by atoms with Crippen molar-refractivity contribution in [3.63, 3.8) is 0 Å². The molecule has 1 unspecified atom stereocenters. The number of nitrogens with zero attached hydrogens (tertiary/aromatic N) is 3. The third-order valence-electron chi connectivity index (χ3n) is 4.51. The number of aromatic nitrogens is 3. The van der Waals surface area contributed by atoms with Gasteiger partial charge in [0.15, 0.2) is 0 Å². The molecule has 0 aliphatic heterocycles. The highest BCUT2D eigenvalue weighted by molar-refractivity contribution is 5.43. The Morgan fingerprint density at radius 1 is 1.15 bits per heavy atom. The Bertz CT molecular complexity index is 808. The second kappa shape index (κ2) is 9.33. The van der Waals surface area contributed by atoms with Crippen LogP contribution in [0.4, 0.5) is 0 Å². The van der Waals surface area contributed by atoms with Gasteiger partial charge in [0.05, 0.1) is 12.0 Å². The topological polar surface area (TPSA) is 52.0 Å². The molecule has 2 heterocycles. The van der Waals surface area contributed by atoms with Crippen LogP contribution in [0.3, 0.4) is 0 Å². The van der Waals surface area contributed by atoms with Gasteiger partial charge in [0.25, 0.3) is 0 Å². The Hall–Kier alpha value is -2.66. The lowest BCUT2D eigenvalue weighted by Crippen LogP contribution is -2.23. The summed E-state index contributed by atoms with van der Waals surface area (Å²) in [6.45, 7) is 9.75. The van der Waals surface area contributed by atoms with Crippen molar-refractivity contribution in [3.8, 4) is 5.75 Å². The number of rotatable bonds is 9. The summed E-state index contributed by atoms with van der Waals surface area (Å²) in [5.74, 6) is 1.50. The van der Waals surface area contributed by atoms with E-state index in [1.165, 1.54) is 5.56 Å². The molecule has 1 aromatic carbocycles. The van der Waals surface area contributed by atoms with Crippen molar-refractivity contribution >= 4 is 0 Å². The van der Waals surface area contributed by atoms with Crippen LogP contribution in [0, 0.1) is 19.8 Å². The fourth-order valence-electron chi connectivity index (χ4n) is 3.28. The highest BCUT2D eigenvalue weighted by Gasteiger charge is 2.08. The summed E-state index contributed by atoms with van der Waals surface area (Å²) in [6.07, 6.45) is 7.49. The van der Waals surface area contributed by atoms with E-state index in [-0.39, 0.29) is 0 Å². The molecular formula is C22H28N4O. The molecule has 2 aromatic heterocycles. The number of benzene rings is 1. The minimum absolute atomic E-state index is 0.492. The maximum atomic E-state index is 6.02. The lowest BCUT2D eigenvalue weighted by Gasteiger charge is -2.16. The van der Waals surface area contributed by atoms with E-state index in [2.05, 4.69) is 52.8 Å². The van der Waals surface area contributed by atoms with Crippen molar-refractivity contribution < 1.29 is 4.74 Å². The average molecular weight is 364 g/mol. The number of imidazole rings is 1. The molecule has 3 rings (SSSR count). The van der Waals surface area contributed by atoms with Crippen LogP contribution in [0.5, 0.6) is 5.75 Å². The summed E-state index contributed by atoms with van der Waals surface area (Å²) < 4.78 is 8.14. The first kappa shape index (κ1) is 19.1. The molecule has 27 heavy (non-hydrogen) atoms. The summed E-state index contributed by atoms with van der Waals surface area (Å²) in [4.78, 5) is 8.41. The third-order valence-corrected chi connectivity index (χ3v) is 4.51. The smallest absolute Gasteiger partial charge is 0.130 e. The lowest BCUT2D eigenvalue weighted by atomic mass is 10.1. The molecule has 0 saturated carbocycles. The Morgan fingerprint density at radius 2 is 1.96 bits per heavy atom. The molecule has 0 spiro atoms. The van der Waals surface area contributed by atoms with Gasteiger partial charge in [-0.25, -0.2) is 4.98 Å². The molecule has 5 heteroatoms. The van der Waals surface area contributed by atoms with Crippen molar-refractivity contribution in [1.29, 1.82) is 0 Å². The number of nitrogens with one attached hydrogen (secondary N) is 1. The second-order valence-electron chi connectivity index (χ2n) is 7.16. The van der Waals surface area contributed by atoms with E-state index in [1.807, 2.05) is 36.9 Å². The van der Waals surface area contributed by atoms with E-state index >= 15 is 0 Å². The number of pyridine rings is 1. The van der Waals surface area contributed by atoms with Crippen molar-refractivity contribution in [2.45, 2.75) is 40.5 Å². The molecule has 5 nitrogen and oxygen atoms in total. The molecule has 1 atom stereocenters. The van der Waals surface area contributed by atoms with Gasteiger partial charge in [0, 0.05) is 31.7 Å². The van der Waals surface area contributed by atoms with Crippen molar-refractivity contribution in [2.24, 2.45) is 5.92 Å². The van der Waals surface area contributed by atoms with Crippen LogP contribution in [-0.2, 0) is 19.7 Å². The molecular weight excluding hydrogens is 336 g/mol. The largest absolute Gasteiger partial charge is 0.487 e. The quantitative estimate of drug-likeness (QED) is 0.626. The van der Waals surface area contributed by atoms with E-state index in [0.717, 1.165) is 42.2 Å². The zero-order valence-electron chi connectivity index (χ0n) is 16.4. The van der Waals surface area contributed by atoms with E-state index in [4.69, 9.17) is 4.74 Å². The van der Waals surface area contributed by atoms with Crippen LogP contribution < -0.4 is 10.1 Å². The van der Waals surface area contributed by atoms with E-state index in [9.17, 15) is 0 Å². The number of hydrogen-bond donors (Lipinski definition) is 1. The van der Waals surface area contributed by atoms with Gasteiger partial charge >= 0.3 is 0 Å². The molecule has 0 aliphatic rings. The zero-order valence-corrected chi connectivity index (χ0v) is 16.4. The Morgan fingerprint density at radius 3 is 2.63 bits per heavy atom. The van der Waals surface area contributed by atoms with Gasteiger partial charge in [-0.05, 0) is 55.1 Å². The Labute approximate surface area is 161 Å². The molecule has 3 aromatic rings. The molecule has 0 radical (unpaired) electrons. The molecule has 0 amide bonds. The monoisotopic (exact) mass is 364 g/mol.